The van der Waals surface area contributed by atoms with Gasteiger partial charge in [-0.05, 0) is 11.5 Å². The van der Waals surface area contributed by atoms with E-state index >= 15 is 0 Å². The zero-order valence-corrected chi connectivity index (χ0v) is 9.94. The molecule has 0 aliphatic rings. The molecule has 0 aromatic carbocycles. The molecule has 0 unspecified atom stereocenters. The van der Waals surface area contributed by atoms with Gasteiger partial charge >= 0.3 is 0 Å². The summed E-state index contributed by atoms with van der Waals surface area (Å²) in [7, 11) is -3.43. The van der Waals surface area contributed by atoms with Crippen LogP contribution in [0.25, 0.3) is 0 Å². The first kappa shape index (κ1) is 11.3. The number of hydrogen-bond donors (Lipinski definition) is 0. The molecule has 0 aliphatic heterocycles. The van der Waals surface area contributed by atoms with Gasteiger partial charge in [0, 0.05) is 10.8 Å². The molecule has 6 heteroatoms. The summed E-state index contributed by atoms with van der Waals surface area (Å²) in [5, 5.41) is 0.889. The molecule has 1 rings (SSSR count). The van der Waals surface area contributed by atoms with Gasteiger partial charge in [-0.3, -0.25) is 0 Å². The molecule has 1 aromatic rings. The lowest BCUT2D eigenvalue weighted by atomic mass is 9.96. The number of sulfone groups is 1. The second-order valence-electron chi connectivity index (χ2n) is 3.85. The van der Waals surface area contributed by atoms with Crippen molar-refractivity contribution in [3.63, 3.8) is 0 Å². The predicted molar refractivity (Wildman–Crippen MR) is 56.0 cm³/mol. The van der Waals surface area contributed by atoms with Gasteiger partial charge in [0.15, 0.2) is 0 Å². The standard InChI is InChI=1S/C8H12N2O2S2/c1-5-14(11,12)7-9-6(10-13-7)8(2,3)4/h5H,1H2,2-4H3. The van der Waals surface area contributed by atoms with E-state index in [1.165, 1.54) is 0 Å². The molecule has 0 saturated carbocycles. The monoisotopic (exact) mass is 232 g/mol. The fourth-order valence-electron chi connectivity index (χ4n) is 0.701. The Kier molecular flexibility index (Phi) is 2.78. The molecule has 0 spiro atoms. The minimum absolute atomic E-state index is 0.0115. The molecule has 1 heterocycles. The minimum Gasteiger partial charge on any atom is -0.217 e. The molecule has 0 aliphatic carbocycles. The van der Waals surface area contributed by atoms with Crippen LogP contribution in [0, 0.1) is 0 Å². The third-order valence-electron chi connectivity index (χ3n) is 1.54. The van der Waals surface area contributed by atoms with Crippen LogP contribution in [-0.4, -0.2) is 17.8 Å². The van der Waals surface area contributed by atoms with Crippen molar-refractivity contribution >= 4 is 21.4 Å². The molecule has 0 radical (unpaired) electrons. The first-order valence-corrected chi connectivity index (χ1v) is 6.31. The van der Waals surface area contributed by atoms with E-state index in [1.54, 1.807) is 0 Å². The predicted octanol–water partition coefficient (Wildman–Crippen LogP) is 1.75. The van der Waals surface area contributed by atoms with E-state index < -0.39 is 9.84 Å². The number of nitrogens with zero attached hydrogens (tertiary/aromatic N) is 2. The van der Waals surface area contributed by atoms with Gasteiger partial charge in [0.25, 0.3) is 0 Å². The second kappa shape index (κ2) is 3.43. The Hall–Kier alpha value is -0.750. The largest absolute Gasteiger partial charge is 0.233 e. The van der Waals surface area contributed by atoms with E-state index in [0.717, 1.165) is 16.9 Å². The summed E-state index contributed by atoms with van der Waals surface area (Å²) in [6.07, 6.45) is 0. The van der Waals surface area contributed by atoms with Crippen LogP contribution in [0.2, 0.25) is 0 Å². The van der Waals surface area contributed by atoms with Gasteiger partial charge in [0.1, 0.15) is 5.82 Å². The van der Waals surface area contributed by atoms with Gasteiger partial charge in [-0.2, -0.15) is 4.37 Å². The van der Waals surface area contributed by atoms with Crippen molar-refractivity contribution < 1.29 is 8.42 Å². The van der Waals surface area contributed by atoms with Crippen LogP contribution >= 0.6 is 11.5 Å². The number of aromatic nitrogens is 2. The van der Waals surface area contributed by atoms with Crippen LogP contribution < -0.4 is 0 Å². The van der Waals surface area contributed by atoms with Crippen molar-refractivity contribution in [2.45, 2.75) is 30.5 Å². The SMILES string of the molecule is C=CS(=O)(=O)c1nc(C(C)(C)C)ns1. The van der Waals surface area contributed by atoms with Crippen molar-refractivity contribution in [2.75, 3.05) is 0 Å². The Labute approximate surface area is 87.8 Å². The van der Waals surface area contributed by atoms with Crippen LogP contribution in [0.3, 0.4) is 0 Å². The van der Waals surface area contributed by atoms with Crippen molar-refractivity contribution in [3.8, 4) is 0 Å². The highest BCUT2D eigenvalue weighted by molar-refractivity contribution is 7.95. The zero-order valence-electron chi connectivity index (χ0n) is 8.31. The lowest BCUT2D eigenvalue weighted by Gasteiger charge is -2.11. The van der Waals surface area contributed by atoms with Crippen molar-refractivity contribution in [3.05, 3.63) is 17.8 Å². The summed E-state index contributed by atoms with van der Waals surface area (Å²) in [6.45, 7) is 9.02. The topological polar surface area (TPSA) is 59.9 Å². The molecular formula is C8H12N2O2S2. The van der Waals surface area contributed by atoms with Crippen molar-refractivity contribution in [2.24, 2.45) is 0 Å². The Morgan fingerprint density at radius 3 is 2.36 bits per heavy atom. The quantitative estimate of drug-likeness (QED) is 0.779. The lowest BCUT2D eigenvalue weighted by molar-refractivity contribution is 0.549. The smallest absolute Gasteiger partial charge is 0.217 e. The van der Waals surface area contributed by atoms with Crippen molar-refractivity contribution in [1.29, 1.82) is 0 Å². The van der Waals surface area contributed by atoms with Gasteiger partial charge in [0.2, 0.25) is 14.2 Å². The summed E-state index contributed by atoms with van der Waals surface area (Å²) in [4.78, 5) is 3.97. The average Bonchev–Trinajstić information content (AvgIpc) is 2.51. The normalized spacial score (nSPS) is 12.8. The van der Waals surface area contributed by atoms with Crippen LogP contribution in [0.5, 0.6) is 0 Å². The molecule has 0 bridgehead atoms. The Bertz CT molecular complexity index is 440. The highest BCUT2D eigenvalue weighted by atomic mass is 32.2. The maximum absolute atomic E-state index is 11.3. The molecular weight excluding hydrogens is 220 g/mol. The molecule has 4 nitrogen and oxygen atoms in total. The fourth-order valence-corrected chi connectivity index (χ4v) is 2.40. The maximum atomic E-state index is 11.3. The van der Waals surface area contributed by atoms with Crippen LogP contribution in [0.1, 0.15) is 26.6 Å². The third-order valence-corrected chi connectivity index (χ3v) is 3.99. The van der Waals surface area contributed by atoms with Gasteiger partial charge in [0.05, 0.1) is 0 Å². The van der Waals surface area contributed by atoms with Gasteiger partial charge in [-0.1, -0.05) is 27.4 Å². The molecule has 0 atom stereocenters. The van der Waals surface area contributed by atoms with Gasteiger partial charge in [-0.25, -0.2) is 13.4 Å². The first-order chi connectivity index (χ1) is 6.27. The molecule has 0 amide bonds. The van der Waals surface area contributed by atoms with Gasteiger partial charge < -0.3 is 0 Å². The number of rotatable bonds is 2. The first-order valence-electron chi connectivity index (χ1n) is 3.99. The fraction of sp³-hybridized carbons (Fsp3) is 0.500. The molecule has 0 fully saturated rings. The van der Waals surface area contributed by atoms with E-state index in [0.29, 0.717) is 5.82 Å². The van der Waals surface area contributed by atoms with E-state index in [9.17, 15) is 8.42 Å². The molecule has 78 valence electrons. The summed E-state index contributed by atoms with van der Waals surface area (Å²) < 4.78 is 26.7. The Morgan fingerprint density at radius 1 is 1.43 bits per heavy atom. The van der Waals surface area contributed by atoms with Crippen LogP contribution in [-0.2, 0) is 15.3 Å². The molecule has 14 heavy (non-hydrogen) atoms. The molecule has 0 saturated heterocycles. The third kappa shape index (κ3) is 2.19. The summed E-state index contributed by atoms with van der Waals surface area (Å²) in [6, 6.07) is 0. The number of hydrogen-bond acceptors (Lipinski definition) is 5. The Morgan fingerprint density at radius 2 is 2.00 bits per heavy atom. The highest BCUT2D eigenvalue weighted by Gasteiger charge is 2.23. The van der Waals surface area contributed by atoms with E-state index in [2.05, 4.69) is 15.9 Å². The zero-order chi connectivity index (χ0) is 11.0. The van der Waals surface area contributed by atoms with E-state index in [1.807, 2.05) is 20.8 Å². The summed E-state index contributed by atoms with van der Waals surface area (Å²) >= 11 is 0.888. The van der Waals surface area contributed by atoms with E-state index in [4.69, 9.17) is 0 Å². The molecule has 1 aromatic heterocycles. The van der Waals surface area contributed by atoms with Gasteiger partial charge in [-0.15, -0.1) is 0 Å². The van der Waals surface area contributed by atoms with Crippen LogP contribution in [0.15, 0.2) is 16.3 Å². The molecule has 0 N–H and O–H groups in total. The summed E-state index contributed by atoms with van der Waals surface area (Å²) in [5.74, 6) is 0.544. The van der Waals surface area contributed by atoms with Crippen LogP contribution in [0.4, 0.5) is 0 Å². The highest BCUT2D eigenvalue weighted by Crippen LogP contribution is 2.23. The van der Waals surface area contributed by atoms with Crippen molar-refractivity contribution in [1.82, 2.24) is 9.36 Å². The van der Waals surface area contributed by atoms with E-state index in [-0.39, 0.29) is 9.75 Å². The second-order valence-corrected chi connectivity index (χ2v) is 6.67. The maximum Gasteiger partial charge on any atom is 0.233 e. The summed E-state index contributed by atoms with van der Waals surface area (Å²) in [5.41, 5.74) is -0.231. The lowest BCUT2D eigenvalue weighted by Crippen LogP contribution is -2.13. The average molecular weight is 232 g/mol. The Balaban J connectivity index is 3.19. The minimum atomic E-state index is -3.43.